The molecule has 8 heteroatoms. The Morgan fingerprint density at radius 2 is 1.67 bits per heavy atom. The van der Waals surface area contributed by atoms with E-state index < -0.39 is 0 Å². The quantitative estimate of drug-likeness (QED) is 0.740. The molecule has 2 aliphatic rings. The molecule has 3 amide bonds. The van der Waals surface area contributed by atoms with Gasteiger partial charge in [-0.25, -0.2) is 4.98 Å². The fraction of sp³-hybridized carbons (Fsp3) is 0.440. The zero-order chi connectivity index (χ0) is 23.4. The Balaban J connectivity index is 1.29. The lowest BCUT2D eigenvalue weighted by Crippen LogP contribution is -2.49. The molecule has 0 spiro atoms. The smallest absolute Gasteiger partial charge is 0.253 e. The predicted octanol–water partition coefficient (Wildman–Crippen LogP) is 3.77. The van der Waals surface area contributed by atoms with Crippen molar-refractivity contribution in [2.75, 3.05) is 31.5 Å². The van der Waals surface area contributed by atoms with E-state index in [1.165, 1.54) is 6.20 Å². The van der Waals surface area contributed by atoms with Crippen LogP contribution in [0.4, 0.5) is 5.82 Å². The van der Waals surface area contributed by atoms with Gasteiger partial charge in [-0.3, -0.25) is 14.4 Å². The van der Waals surface area contributed by atoms with E-state index in [2.05, 4.69) is 10.3 Å². The molecule has 33 heavy (non-hydrogen) atoms. The Labute approximate surface area is 199 Å². The van der Waals surface area contributed by atoms with Gasteiger partial charge in [-0.1, -0.05) is 29.3 Å². The van der Waals surface area contributed by atoms with E-state index in [0.717, 1.165) is 18.4 Å². The van der Waals surface area contributed by atoms with Gasteiger partial charge in [-0.05, 0) is 56.9 Å². The minimum Gasteiger partial charge on any atom is -0.342 e. The third kappa shape index (κ3) is 5.71. The number of aryl methyl sites for hydroxylation is 1. The van der Waals surface area contributed by atoms with Gasteiger partial charge in [-0.2, -0.15) is 0 Å². The van der Waals surface area contributed by atoms with Crippen LogP contribution in [0.2, 0.25) is 5.02 Å². The molecular formula is C25H29ClN4O3. The number of pyridine rings is 1. The number of hydrogen-bond donors (Lipinski definition) is 1. The molecule has 1 aromatic heterocycles. The summed E-state index contributed by atoms with van der Waals surface area (Å²) < 4.78 is 0. The van der Waals surface area contributed by atoms with Crippen molar-refractivity contribution in [3.63, 3.8) is 0 Å². The van der Waals surface area contributed by atoms with Crippen LogP contribution in [0.25, 0.3) is 0 Å². The summed E-state index contributed by atoms with van der Waals surface area (Å²) >= 11 is 5.84. The molecule has 4 rings (SSSR count). The molecule has 2 aromatic rings. The topological polar surface area (TPSA) is 82.6 Å². The average Bonchev–Trinajstić information content (AvgIpc) is 2.85. The summed E-state index contributed by atoms with van der Waals surface area (Å²) in [5.41, 5.74) is 1.77. The maximum Gasteiger partial charge on any atom is 0.253 e. The number of carbonyl (C=O) groups excluding carboxylic acids is 3. The predicted molar refractivity (Wildman–Crippen MR) is 127 cm³/mol. The fourth-order valence-electron chi connectivity index (χ4n) is 4.54. The van der Waals surface area contributed by atoms with Gasteiger partial charge in [-0.15, -0.1) is 0 Å². The number of anilines is 1. The van der Waals surface area contributed by atoms with Gasteiger partial charge in [0.05, 0.1) is 10.9 Å². The van der Waals surface area contributed by atoms with E-state index in [4.69, 9.17) is 11.6 Å². The Hall–Kier alpha value is -2.93. The monoisotopic (exact) mass is 468 g/mol. The highest BCUT2D eigenvalue weighted by atomic mass is 35.5. The minimum absolute atomic E-state index is 0.0151. The highest BCUT2D eigenvalue weighted by molar-refractivity contribution is 6.30. The summed E-state index contributed by atoms with van der Waals surface area (Å²) in [6.45, 7) is 4.22. The molecule has 174 valence electrons. The largest absolute Gasteiger partial charge is 0.342 e. The number of rotatable bonds is 4. The van der Waals surface area contributed by atoms with Gasteiger partial charge in [0.1, 0.15) is 5.82 Å². The van der Waals surface area contributed by atoms with Crippen LogP contribution in [-0.2, 0) is 9.59 Å². The Bertz CT molecular complexity index is 1000. The van der Waals surface area contributed by atoms with Crippen LogP contribution in [0.15, 0.2) is 42.6 Å². The number of hydrogen-bond acceptors (Lipinski definition) is 4. The molecule has 0 saturated carbocycles. The standard InChI is InChI=1S/C25H29ClN4O3/c1-17-4-6-19(7-5-17)24(32)30-12-2-3-20(16-30)25(33)29-13-10-18(11-14-29)23(31)28-22-9-8-21(26)15-27-22/h4-9,15,18,20H,2-3,10-14,16H2,1H3,(H,27,28,31). The first-order valence-corrected chi connectivity index (χ1v) is 11.9. The number of amides is 3. The minimum atomic E-state index is -0.184. The van der Waals surface area contributed by atoms with Gasteiger partial charge >= 0.3 is 0 Å². The molecular weight excluding hydrogens is 440 g/mol. The third-order valence-corrected chi connectivity index (χ3v) is 6.74. The van der Waals surface area contributed by atoms with E-state index in [1.807, 2.05) is 36.1 Å². The Morgan fingerprint density at radius 1 is 0.939 bits per heavy atom. The zero-order valence-electron chi connectivity index (χ0n) is 18.8. The Morgan fingerprint density at radius 3 is 2.33 bits per heavy atom. The number of nitrogens with zero attached hydrogens (tertiary/aromatic N) is 3. The maximum atomic E-state index is 13.2. The molecule has 1 N–H and O–H groups in total. The van der Waals surface area contributed by atoms with Crippen molar-refractivity contribution >= 4 is 35.1 Å². The molecule has 2 fully saturated rings. The fourth-order valence-corrected chi connectivity index (χ4v) is 4.65. The summed E-state index contributed by atoms with van der Waals surface area (Å²) in [6, 6.07) is 10.9. The second-order valence-corrected chi connectivity index (χ2v) is 9.34. The number of likely N-dealkylation sites (tertiary alicyclic amines) is 2. The summed E-state index contributed by atoms with van der Waals surface area (Å²) in [5.74, 6) is 0.135. The normalized spacial score (nSPS) is 19.3. The van der Waals surface area contributed by atoms with Crippen LogP contribution in [0.1, 0.15) is 41.6 Å². The van der Waals surface area contributed by atoms with Crippen molar-refractivity contribution < 1.29 is 14.4 Å². The van der Waals surface area contributed by atoms with Gasteiger partial charge in [0, 0.05) is 43.9 Å². The zero-order valence-corrected chi connectivity index (χ0v) is 19.6. The van der Waals surface area contributed by atoms with Crippen molar-refractivity contribution in [3.8, 4) is 0 Å². The SMILES string of the molecule is Cc1ccc(C(=O)N2CCCC(C(=O)N3CCC(C(=O)Nc4ccc(Cl)cn4)CC3)C2)cc1. The number of nitrogens with one attached hydrogen (secondary N) is 1. The molecule has 0 radical (unpaired) electrons. The second kappa shape index (κ2) is 10.3. The highest BCUT2D eigenvalue weighted by Gasteiger charge is 2.34. The van der Waals surface area contributed by atoms with Gasteiger partial charge in [0.2, 0.25) is 11.8 Å². The summed E-state index contributed by atoms with van der Waals surface area (Å²) in [6.07, 6.45) is 4.34. The summed E-state index contributed by atoms with van der Waals surface area (Å²) in [5, 5.41) is 3.34. The Kier molecular flexibility index (Phi) is 7.28. The maximum absolute atomic E-state index is 13.2. The van der Waals surface area contributed by atoms with E-state index >= 15 is 0 Å². The van der Waals surface area contributed by atoms with Crippen LogP contribution in [-0.4, -0.2) is 58.7 Å². The summed E-state index contributed by atoms with van der Waals surface area (Å²) in [4.78, 5) is 46.4. The van der Waals surface area contributed by atoms with E-state index in [9.17, 15) is 14.4 Å². The van der Waals surface area contributed by atoms with Crippen LogP contribution in [0, 0.1) is 18.8 Å². The number of piperidine rings is 2. The first kappa shape index (κ1) is 23.2. The average molecular weight is 469 g/mol. The van der Waals surface area contributed by atoms with Crippen molar-refractivity contribution in [3.05, 3.63) is 58.7 Å². The van der Waals surface area contributed by atoms with Crippen LogP contribution >= 0.6 is 11.6 Å². The van der Waals surface area contributed by atoms with Crippen LogP contribution in [0.5, 0.6) is 0 Å². The van der Waals surface area contributed by atoms with E-state index in [-0.39, 0.29) is 29.6 Å². The molecule has 1 aromatic carbocycles. The number of aromatic nitrogens is 1. The number of benzene rings is 1. The van der Waals surface area contributed by atoms with Crippen molar-refractivity contribution in [2.45, 2.75) is 32.6 Å². The molecule has 1 atom stereocenters. The van der Waals surface area contributed by atoms with Crippen molar-refractivity contribution in [2.24, 2.45) is 11.8 Å². The van der Waals surface area contributed by atoms with Crippen LogP contribution < -0.4 is 5.32 Å². The molecule has 2 aliphatic heterocycles. The molecule has 1 unspecified atom stereocenters. The van der Waals surface area contributed by atoms with Crippen molar-refractivity contribution in [1.29, 1.82) is 0 Å². The van der Waals surface area contributed by atoms with Gasteiger partial charge in [0.15, 0.2) is 0 Å². The van der Waals surface area contributed by atoms with E-state index in [1.54, 1.807) is 17.0 Å². The lowest BCUT2D eigenvalue weighted by molar-refractivity contribution is -0.139. The first-order valence-electron chi connectivity index (χ1n) is 11.5. The number of halogens is 1. The number of carbonyl (C=O) groups is 3. The van der Waals surface area contributed by atoms with Gasteiger partial charge < -0.3 is 15.1 Å². The second-order valence-electron chi connectivity index (χ2n) is 8.91. The highest BCUT2D eigenvalue weighted by Crippen LogP contribution is 2.25. The summed E-state index contributed by atoms with van der Waals surface area (Å²) in [7, 11) is 0. The van der Waals surface area contributed by atoms with Crippen molar-refractivity contribution in [1.82, 2.24) is 14.8 Å². The molecule has 3 heterocycles. The molecule has 2 saturated heterocycles. The lowest BCUT2D eigenvalue weighted by atomic mass is 9.92. The third-order valence-electron chi connectivity index (χ3n) is 6.51. The molecule has 7 nitrogen and oxygen atoms in total. The van der Waals surface area contributed by atoms with Gasteiger partial charge in [0.25, 0.3) is 5.91 Å². The molecule has 0 aliphatic carbocycles. The van der Waals surface area contributed by atoms with Crippen LogP contribution in [0.3, 0.4) is 0 Å². The lowest BCUT2D eigenvalue weighted by Gasteiger charge is -2.37. The molecule has 0 bridgehead atoms. The van der Waals surface area contributed by atoms with E-state index in [0.29, 0.717) is 55.4 Å². The first-order chi connectivity index (χ1) is 15.9.